The number of alkyl halides is 1. The molecule has 1 aliphatic rings. The lowest BCUT2D eigenvalue weighted by Crippen LogP contribution is -2.54. The normalized spacial score (nSPS) is 16.3. The molecule has 0 saturated carbocycles. The number of rotatable bonds is 7. The molecular weight excluding hydrogens is 331 g/mol. The summed E-state index contributed by atoms with van der Waals surface area (Å²) < 4.78 is 12.0. The van der Waals surface area contributed by atoms with E-state index in [4.69, 9.17) is 17.2 Å². The number of nitrogens with two attached hydrogens (primary N) is 3. The van der Waals surface area contributed by atoms with Gasteiger partial charge < -0.3 is 27.4 Å². The first kappa shape index (κ1) is 22.8. The van der Waals surface area contributed by atoms with Crippen LogP contribution in [-0.4, -0.2) is 67.4 Å². The van der Waals surface area contributed by atoms with Crippen LogP contribution in [0.25, 0.3) is 0 Å². The maximum atomic E-state index is 12.0. The molecule has 0 radical (unpaired) electrons. The Morgan fingerprint density at radius 1 is 1.28 bits per heavy atom. The average molecular weight is 360 g/mol. The van der Waals surface area contributed by atoms with Gasteiger partial charge in [-0.3, -0.25) is 19.4 Å². The van der Waals surface area contributed by atoms with E-state index >= 15 is 0 Å². The third kappa shape index (κ3) is 9.60. The quantitative estimate of drug-likeness (QED) is 0.325. The predicted octanol–water partition coefficient (Wildman–Crippen LogP) is -1.35. The fourth-order valence-electron chi connectivity index (χ4n) is 2.21. The van der Waals surface area contributed by atoms with Crippen molar-refractivity contribution in [1.29, 1.82) is 0 Å². The summed E-state index contributed by atoms with van der Waals surface area (Å²) in [7, 11) is 0. The fourth-order valence-corrected chi connectivity index (χ4v) is 2.21. The van der Waals surface area contributed by atoms with E-state index < -0.39 is 24.4 Å². The minimum atomic E-state index is -1.10. The number of aliphatic imine (C=N–C) groups is 1. The van der Waals surface area contributed by atoms with E-state index in [1.54, 1.807) is 0 Å². The molecule has 0 aromatic carbocycles. The number of Topliss-reactive ketones (excluding diaryl/α,β-unsaturated/α-hetero) is 1. The number of ketones is 1. The summed E-state index contributed by atoms with van der Waals surface area (Å²) >= 11 is 0. The highest BCUT2D eigenvalue weighted by Gasteiger charge is 2.31. The lowest BCUT2D eigenvalue weighted by atomic mass is 10.0. The fraction of sp³-hybridized carbons (Fsp3) is 0.733. The van der Waals surface area contributed by atoms with Gasteiger partial charge >= 0.3 is 0 Å². The molecule has 1 rings (SSSR count). The number of hydrogen-bond acceptors (Lipinski definition) is 5. The second kappa shape index (κ2) is 13.1. The Labute approximate surface area is 147 Å². The van der Waals surface area contributed by atoms with Crippen LogP contribution < -0.4 is 22.5 Å². The Kier molecular flexibility index (Phi) is 11.9. The summed E-state index contributed by atoms with van der Waals surface area (Å²) in [5.41, 5.74) is 15.3. The van der Waals surface area contributed by atoms with Crippen molar-refractivity contribution in [3.8, 4) is 0 Å². The van der Waals surface area contributed by atoms with Crippen LogP contribution in [0.15, 0.2) is 4.99 Å². The monoisotopic (exact) mass is 360 g/mol. The molecule has 0 aromatic heterocycles. The Morgan fingerprint density at radius 2 is 1.96 bits per heavy atom. The Morgan fingerprint density at radius 3 is 2.44 bits per heavy atom. The van der Waals surface area contributed by atoms with Gasteiger partial charge in [0.1, 0.15) is 12.7 Å². The molecule has 10 heteroatoms. The molecule has 0 aromatic rings. The number of piperidine rings is 1. The molecule has 9 nitrogen and oxygen atoms in total. The zero-order valence-electron chi connectivity index (χ0n) is 14.7. The molecule has 7 N–H and O–H groups in total. The molecule has 1 fully saturated rings. The average Bonchev–Trinajstić information content (AvgIpc) is 2.63. The lowest BCUT2D eigenvalue weighted by Gasteiger charge is -2.34. The van der Waals surface area contributed by atoms with E-state index in [-0.39, 0.29) is 25.0 Å². The molecule has 1 aliphatic heterocycles. The van der Waals surface area contributed by atoms with Crippen LogP contribution in [0.4, 0.5) is 4.39 Å². The van der Waals surface area contributed by atoms with Gasteiger partial charge in [0, 0.05) is 13.1 Å². The second-order valence-corrected chi connectivity index (χ2v) is 5.50. The van der Waals surface area contributed by atoms with Crippen molar-refractivity contribution in [2.45, 2.75) is 38.6 Å². The highest BCUT2D eigenvalue weighted by molar-refractivity contribution is 5.91. The number of nitrogens with one attached hydrogen (secondary N) is 1. The number of hydrogen-bond donors (Lipinski definition) is 4. The molecule has 2 amide bonds. The van der Waals surface area contributed by atoms with Crippen molar-refractivity contribution in [3.63, 3.8) is 0 Å². The first-order chi connectivity index (χ1) is 11.9. The van der Waals surface area contributed by atoms with Crippen LogP contribution in [0.3, 0.4) is 0 Å². The summed E-state index contributed by atoms with van der Waals surface area (Å²) in [4.78, 5) is 39.3. The van der Waals surface area contributed by atoms with Crippen molar-refractivity contribution in [1.82, 2.24) is 10.2 Å². The van der Waals surface area contributed by atoms with Gasteiger partial charge in [-0.15, -0.1) is 0 Å². The maximum Gasteiger partial charge on any atom is 0.243 e. The van der Waals surface area contributed by atoms with E-state index in [0.29, 0.717) is 13.0 Å². The van der Waals surface area contributed by atoms with Crippen molar-refractivity contribution >= 4 is 23.6 Å². The summed E-state index contributed by atoms with van der Waals surface area (Å²) in [6.07, 6.45) is 3.21. The second-order valence-electron chi connectivity index (χ2n) is 5.50. The van der Waals surface area contributed by atoms with E-state index in [0.717, 1.165) is 25.8 Å². The first-order valence-electron chi connectivity index (χ1n) is 8.27. The number of carbonyl (C=O) groups excluding carboxylic acids is 3. The van der Waals surface area contributed by atoms with Gasteiger partial charge in [0.05, 0.1) is 13.1 Å². The minimum Gasteiger partial charge on any atom is -0.370 e. The lowest BCUT2D eigenvalue weighted by molar-refractivity contribution is -0.141. The van der Waals surface area contributed by atoms with Crippen molar-refractivity contribution in [3.05, 3.63) is 0 Å². The van der Waals surface area contributed by atoms with Crippen molar-refractivity contribution in [2.24, 2.45) is 22.2 Å². The number of guanidine groups is 1. The number of likely N-dealkylation sites (tertiary alicyclic amines) is 1. The van der Waals surface area contributed by atoms with Crippen LogP contribution in [-0.2, 0) is 14.4 Å². The number of halogens is 1. The largest absolute Gasteiger partial charge is 0.370 e. The van der Waals surface area contributed by atoms with Crippen LogP contribution in [0.2, 0.25) is 0 Å². The predicted molar refractivity (Wildman–Crippen MR) is 93.4 cm³/mol. The van der Waals surface area contributed by atoms with Crippen LogP contribution in [0.1, 0.15) is 32.6 Å². The Bertz CT molecular complexity index is 468. The zero-order chi connectivity index (χ0) is 19.2. The molecule has 1 atom stereocenters. The number of carbonyl (C=O) groups is 3. The SMILES string of the molecule is CCCN=C(N)N.NCC(=O)N1CCCCC1C(=O)NCC(=O)CF. The van der Waals surface area contributed by atoms with Gasteiger partial charge in [-0.2, -0.15) is 0 Å². The van der Waals surface area contributed by atoms with Gasteiger partial charge in [-0.1, -0.05) is 6.92 Å². The third-order valence-electron chi connectivity index (χ3n) is 3.43. The van der Waals surface area contributed by atoms with Gasteiger partial charge in [0.2, 0.25) is 11.8 Å². The molecule has 0 bridgehead atoms. The standard InChI is InChI=1S/C11H18FN3O3.C4H11N3/c12-5-8(16)7-14-11(18)9-3-1-2-4-15(9)10(17)6-13;1-2-3-7-4(5)6/h9H,1-7,13H2,(H,14,18);2-3H2,1H3,(H4,5,6,7). The summed E-state index contributed by atoms with van der Waals surface area (Å²) in [6.45, 7) is 1.67. The molecule has 0 aliphatic carbocycles. The highest BCUT2D eigenvalue weighted by Crippen LogP contribution is 2.17. The highest BCUT2D eigenvalue weighted by atomic mass is 19.1. The zero-order valence-corrected chi connectivity index (χ0v) is 14.7. The van der Waals surface area contributed by atoms with Crippen LogP contribution in [0, 0.1) is 0 Å². The van der Waals surface area contributed by atoms with E-state index in [1.165, 1.54) is 4.90 Å². The van der Waals surface area contributed by atoms with E-state index in [2.05, 4.69) is 10.3 Å². The summed E-state index contributed by atoms with van der Waals surface area (Å²) in [5, 5.41) is 2.35. The Balaban J connectivity index is 0.000000697. The van der Waals surface area contributed by atoms with E-state index in [9.17, 15) is 18.8 Å². The first-order valence-corrected chi connectivity index (χ1v) is 8.27. The summed E-state index contributed by atoms with van der Waals surface area (Å²) in [6, 6.07) is -0.595. The third-order valence-corrected chi connectivity index (χ3v) is 3.43. The molecule has 1 saturated heterocycles. The van der Waals surface area contributed by atoms with Crippen molar-refractivity contribution in [2.75, 3.05) is 32.9 Å². The molecule has 1 heterocycles. The van der Waals surface area contributed by atoms with Gasteiger partial charge in [-0.25, -0.2) is 4.39 Å². The molecule has 25 heavy (non-hydrogen) atoms. The van der Waals surface area contributed by atoms with Crippen LogP contribution >= 0.6 is 0 Å². The minimum absolute atomic E-state index is 0.146. The number of amides is 2. The molecular formula is C15H29FN6O3. The topological polar surface area (TPSA) is 157 Å². The van der Waals surface area contributed by atoms with Crippen molar-refractivity contribution < 1.29 is 18.8 Å². The summed E-state index contributed by atoms with van der Waals surface area (Å²) in [5.74, 6) is -1.21. The van der Waals surface area contributed by atoms with Gasteiger partial charge in [-0.05, 0) is 25.7 Å². The maximum absolute atomic E-state index is 12.0. The van der Waals surface area contributed by atoms with Gasteiger partial charge in [0.25, 0.3) is 0 Å². The van der Waals surface area contributed by atoms with Crippen LogP contribution in [0.5, 0.6) is 0 Å². The Hall–Kier alpha value is -2.23. The molecule has 0 spiro atoms. The molecule has 144 valence electrons. The smallest absolute Gasteiger partial charge is 0.243 e. The van der Waals surface area contributed by atoms with Gasteiger partial charge in [0.15, 0.2) is 11.7 Å². The number of nitrogens with zero attached hydrogens (tertiary/aromatic N) is 2. The van der Waals surface area contributed by atoms with E-state index in [1.807, 2.05) is 6.92 Å². The molecule has 1 unspecified atom stereocenters.